The number of thiazole rings is 1. The predicted molar refractivity (Wildman–Crippen MR) is 76.7 cm³/mol. The van der Waals surface area contributed by atoms with Gasteiger partial charge in [-0.15, -0.1) is 11.3 Å². The van der Waals surface area contributed by atoms with Crippen LogP contribution in [0.15, 0.2) is 29.6 Å². The second-order valence-electron chi connectivity index (χ2n) is 4.23. The van der Waals surface area contributed by atoms with E-state index in [0.29, 0.717) is 5.56 Å². The summed E-state index contributed by atoms with van der Waals surface area (Å²) in [5.41, 5.74) is 2.42. The number of hydrogen-bond acceptors (Lipinski definition) is 5. The van der Waals surface area contributed by atoms with E-state index in [2.05, 4.69) is 10.3 Å². The van der Waals surface area contributed by atoms with Gasteiger partial charge in [0, 0.05) is 11.1 Å². The van der Waals surface area contributed by atoms with Crippen LogP contribution in [-0.4, -0.2) is 18.1 Å². The molecule has 1 atom stereocenters. The number of nitrogens with one attached hydrogen (secondary N) is 1. The molecule has 0 radical (unpaired) electrons. The molecule has 1 unspecified atom stereocenters. The number of aryl methyl sites for hydroxylation is 1. The van der Waals surface area contributed by atoms with E-state index in [1.165, 1.54) is 7.11 Å². The minimum Gasteiger partial charge on any atom is -0.465 e. The van der Waals surface area contributed by atoms with E-state index >= 15 is 0 Å². The number of carbonyl (C=O) groups is 1. The molecule has 1 aromatic carbocycles. The van der Waals surface area contributed by atoms with Crippen LogP contribution in [0.25, 0.3) is 0 Å². The molecule has 0 spiro atoms. The standard InChI is InChI=1S/C14H16N2O2S/c1-9(13-8-19-10(2)16-13)15-12-6-4-5-11(7-12)14(17)18-3/h4-9,15H,1-3H3. The third-order valence-corrected chi connectivity index (χ3v) is 3.54. The van der Waals surface area contributed by atoms with Gasteiger partial charge in [-0.2, -0.15) is 0 Å². The summed E-state index contributed by atoms with van der Waals surface area (Å²) >= 11 is 1.63. The van der Waals surface area contributed by atoms with E-state index in [9.17, 15) is 4.79 Å². The molecule has 0 amide bonds. The number of aromatic nitrogens is 1. The maximum atomic E-state index is 11.5. The highest BCUT2D eigenvalue weighted by Gasteiger charge is 2.10. The van der Waals surface area contributed by atoms with Crippen LogP contribution in [0.2, 0.25) is 0 Å². The van der Waals surface area contributed by atoms with Crippen molar-refractivity contribution in [3.8, 4) is 0 Å². The van der Waals surface area contributed by atoms with Gasteiger partial charge < -0.3 is 10.1 Å². The summed E-state index contributed by atoms with van der Waals surface area (Å²) in [6, 6.07) is 7.35. The van der Waals surface area contributed by atoms with Gasteiger partial charge in [0.2, 0.25) is 0 Å². The maximum Gasteiger partial charge on any atom is 0.337 e. The molecule has 0 aliphatic rings. The number of hydrogen-bond donors (Lipinski definition) is 1. The van der Waals surface area contributed by atoms with Gasteiger partial charge >= 0.3 is 5.97 Å². The Balaban J connectivity index is 2.12. The summed E-state index contributed by atoms with van der Waals surface area (Å²) in [6.45, 7) is 4.03. The first-order chi connectivity index (χ1) is 9.10. The van der Waals surface area contributed by atoms with Crippen LogP contribution in [0, 0.1) is 6.92 Å². The number of esters is 1. The molecule has 2 rings (SSSR count). The van der Waals surface area contributed by atoms with Crippen molar-refractivity contribution in [3.63, 3.8) is 0 Å². The Morgan fingerprint density at radius 1 is 1.47 bits per heavy atom. The average Bonchev–Trinajstić information content (AvgIpc) is 2.85. The molecule has 0 saturated heterocycles. The molecule has 2 aromatic rings. The van der Waals surface area contributed by atoms with Crippen LogP contribution in [0.1, 0.15) is 34.0 Å². The second kappa shape index (κ2) is 5.84. The zero-order valence-electron chi connectivity index (χ0n) is 11.1. The van der Waals surface area contributed by atoms with E-state index in [-0.39, 0.29) is 12.0 Å². The van der Waals surface area contributed by atoms with Crippen molar-refractivity contribution in [1.82, 2.24) is 4.98 Å². The Labute approximate surface area is 116 Å². The van der Waals surface area contributed by atoms with Crippen molar-refractivity contribution < 1.29 is 9.53 Å². The molecule has 1 heterocycles. The van der Waals surface area contributed by atoms with E-state index < -0.39 is 0 Å². The van der Waals surface area contributed by atoms with Crippen molar-refractivity contribution >= 4 is 23.0 Å². The van der Waals surface area contributed by atoms with Gasteiger partial charge in [-0.3, -0.25) is 0 Å². The summed E-state index contributed by atoms with van der Waals surface area (Å²) in [4.78, 5) is 15.9. The van der Waals surface area contributed by atoms with Crippen molar-refractivity contribution in [2.45, 2.75) is 19.9 Å². The topological polar surface area (TPSA) is 51.2 Å². The van der Waals surface area contributed by atoms with Gasteiger partial charge in [0.05, 0.1) is 29.4 Å². The quantitative estimate of drug-likeness (QED) is 0.869. The summed E-state index contributed by atoms with van der Waals surface area (Å²) in [5.74, 6) is -0.333. The van der Waals surface area contributed by atoms with Crippen LogP contribution in [0.4, 0.5) is 5.69 Å². The molecule has 1 N–H and O–H groups in total. The van der Waals surface area contributed by atoms with Crippen LogP contribution in [-0.2, 0) is 4.74 Å². The normalized spacial score (nSPS) is 11.9. The van der Waals surface area contributed by atoms with Gasteiger partial charge in [0.1, 0.15) is 0 Å². The first kappa shape index (κ1) is 13.5. The lowest BCUT2D eigenvalue weighted by atomic mass is 10.2. The highest BCUT2D eigenvalue weighted by Crippen LogP contribution is 2.21. The number of methoxy groups -OCH3 is 1. The summed E-state index contributed by atoms with van der Waals surface area (Å²) in [7, 11) is 1.38. The van der Waals surface area contributed by atoms with Gasteiger partial charge in [0.25, 0.3) is 0 Å². The smallest absolute Gasteiger partial charge is 0.337 e. The minimum absolute atomic E-state index is 0.0952. The monoisotopic (exact) mass is 276 g/mol. The molecule has 1 aromatic heterocycles. The molecular weight excluding hydrogens is 260 g/mol. The molecular formula is C14H16N2O2S. The summed E-state index contributed by atoms with van der Waals surface area (Å²) in [5, 5.41) is 6.41. The molecule has 4 nitrogen and oxygen atoms in total. The number of rotatable bonds is 4. The summed E-state index contributed by atoms with van der Waals surface area (Å²) < 4.78 is 4.71. The molecule has 19 heavy (non-hydrogen) atoms. The fourth-order valence-corrected chi connectivity index (χ4v) is 2.46. The van der Waals surface area contributed by atoms with Gasteiger partial charge in [-0.1, -0.05) is 6.07 Å². The van der Waals surface area contributed by atoms with Gasteiger partial charge in [0.15, 0.2) is 0 Å². The third kappa shape index (κ3) is 3.32. The first-order valence-electron chi connectivity index (χ1n) is 5.97. The van der Waals surface area contributed by atoms with E-state index in [1.807, 2.05) is 31.4 Å². The zero-order chi connectivity index (χ0) is 13.8. The highest BCUT2D eigenvalue weighted by molar-refractivity contribution is 7.09. The van der Waals surface area contributed by atoms with E-state index in [1.54, 1.807) is 23.5 Å². The Bertz CT molecular complexity index is 580. The minimum atomic E-state index is -0.333. The molecule has 0 fully saturated rings. The van der Waals surface area contributed by atoms with Crippen molar-refractivity contribution in [1.29, 1.82) is 0 Å². The molecule has 5 heteroatoms. The second-order valence-corrected chi connectivity index (χ2v) is 5.29. The molecule has 0 aliphatic heterocycles. The van der Waals surface area contributed by atoms with Crippen molar-refractivity contribution in [3.05, 3.63) is 45.9 Å². The lowest BCUT2D eigenvalue weighted by Gasteiger charge is -2.13. The van der Waals surface area contributed by atoms with Crippen molar-refractivity contribution in [2.24, 2.45) is 0 Å². The van der Waals surface area contributed by atoms with Gasteiger partial charge in [-0.05, 0) is 32.0 Å². The third-order valence-electron chi connectivity index (χ3n) is 2.75. The molecule has 0 aliphatic carbocycles. The number of ether oxygens (including phenoxy) is 1. The fraction of sp³-hybridized carbons (Fsp3) is 0.286. The Morgan fingerprint density at radius 3 is 2.89 bits per heavy atom. The number of anilines is 1. The largest absolute Gasteiger partial charge is 0.465 e. The van der Waals surface area contributed by atoms with Crippen LogP contribution in [0.3, 0.4) is 0 Å². The van der Waals surface area contributed by atoms with Crippen LogP contribution >= 0.6 is 11.3 Å². The lowest BCUT2D eigenvalue weighted by molar-refractivity contribution is 0.0601. The summed E-state index contributed by atoms with van der Waals surface area (Å²) in [6.07, 6.45) is 0. The first-order valence-corrected chi connectivity index (χ1v) is 6.85. The molecule has 0 bridgehead atoms. The average molecular weight is 276 g/mol. The lowest BCUT2D eigenvalue weighted by Crippen LogP contribution is -2.08. The SMILES string of the molecule is COC(=O)c1cccc(NC(C)c2csc(C)n2)c1. The maximum absolute atomic E-state index is 11.5. The number of carbonyl (C=O) groups excluding carboxylic acids is 1. The Morgan fingerprint density at radius 2 is 2.26 bits per heavy atom. The Hall–Kier alpha value is -1.88. The molecule has 0 saturated carbocycles. The number of nitrogens with zero attached hydrogens (tertiary/aromatic N) is 1. The fourth-order valence-electron chi connectivity index (χ4n) is 1.76. The highest BCUT2D eigenvalue weighted by atomic mass is 32.1. The van der Waals surface area contributed by atoms with Crippen LogP contribution in [0.5, 0.6) is 0 Å². The van der Waals surface area contributed by atoms with Gasteiger partial charge in [-0.25, -0.2) is 9.78 Å². The predicted octanol–water partition coefficient (Wildman–Crippen LogP) is 3.41. The van der Waals surface area contributed by atoms with Crippen LogP contribution < -0.4 is 5.32 Å². The Kier molecular flexibility index (Phi) is 4.16. The van der Waals surface area contributed by atoms with E-state index in [4.69, 9.17) is 4.74 Å². The number of benzene rings is 1. The van der Waals surface area contributed by atoms with E-state index in [0.717, 1.165) is 16.4 Å². The van der Waals surface area contributed by atoms with Crippen molar-refractivity contribution in [2.75, 3.05) is 12.4 Å². The molecule has 100 valence electrons. The zero-order valence-corrected chi connectivity index (χ0v) is 12.0.